The van der Waals surface area contributed by atoms with Crippen molar-refractivity contribution >= 4 is 27.7 Å². The first-order chi connectivity index (χ1) is 18.1. The smallest absolute Gasteiger partial charge is 0.255 e. The number of fused-ring (bicyclic) bond motifs is 1. The first-order valence-electron chi connectivity index (χ1n) is 12.4. The normalized spacial score (nSPS) is 20.7. The molecule has 7 heteroatoms. The van der Waals surface area contributed by atoms with E-state index in [0.717, 1.165) is 26.7 Å². The Morgan fingerprint density at radius 3 is 2.57 bits per heavy atom. The second-order valence-corrected chi connectivity index (χ2v) is 10.1. The van der Waals surface area contributed by atoms with Crippen LogP contribution >= 0.6 is 15.9 Å². The molecule has 1 N–H and O–H groups in total. The Kier molecular flexibility index (Phi) is 7.44. The molecule has 0 saturated heterocycles. The first kappa shape index (κ1) is 25.2. The number of nitrogens with zero attached hydrogens (tertiary/aromatic N) is 2. The van der Waals surface area contributed by atoms with Gasteiger partial charge in [0.2, 0.25) is 5.90 Å². The Labute approximate surface area is 225 Å². The van der Waals surface area contributed by atoms with E-state index in [4.69, 9.17) is 19.6 Å². The molecule has 3 aromatic rings. The Hall–Kier alpha value is -3.42. The molecule has 3 aromatic carbocycles. The van der Waals surface area contributed by atoms with Crippen molar-refractivity contribution in [2.45, 2.75) is 31.0 Å². The molecule has 2 atom stereocenters. The molecule has 0 aliphatic carbocycles. The number of benzene rings is 3. The number of halogens is 1. The summed E-state index contributed by atoms with van der Waals surface area (Å²) in [4.78, 5) is 21.3. The maximum absolute atomic E-state index is 14.3. The van der Waals surface area contributed by atoms with Crippen LogP contribution in [0.1, 0.15) is 34.8 Å². The molecule has 0 fully saturated rings. The first-order valence-corrected chi connectivity index (χ1v) is 13.2. The summed E-state index contributed by atoms with van der Waals surface area (Å²) < 4.78 is 13.1. The molecule has 0 unspecified atom stereocenters. The quantitative estimate of drug-likeness (QED) is 0.302. The van der Waals surface area contributed by atoms with Gasteiger partial charge in [-0.15, -0.1) is 6.58 Å². The zero-order valence-corrected chi connectivity index (χ0v) is 22.1. The third kappa shape index (κ3) is 4.93. The van der Waals surface area contributed by atoms with E-state index in [1.165, 1.54) is 0 Å². The number of hydrogen-bond donors (Lipinski definition) is 1. The van der Waals surface area contributed by atoms with Crippen LogP contribution in [0.5, 0.6) is 5.75 Å². The molecule has 190 valence electrons. The summed E-state index contributed by atoms with van der Waals surface area (Å²) in [7, 11) is 0. The Morgan fingerprint density at radius 1 is 1.11 bits per heavy atom. The fourth-order valence-corrected chi connectivity index (χ4v) is 5.45. The largest absolute Gasteiger partial charge is 0.494 e. The second-order valence-electron chi connectivity index (χ2n) is 9.23. The number of ether oxygens (including phenoxy) is 2. The molecule has 2 heterocycles. The van der Waals surface area contributed by atoms with Gasteiger partial charge in [-0.2, -0.15) is 0 Å². The highest BCUT2D eigenvalue weighted by Crippen LogP contribution is 2.47. The summed E-state index contributed by atoms with van der Waals surface area (Å²) >= 11 is 3.68. The van der Waals surface area contributed by atoms with Crippen LogP contribution in [-0.4, -0.2) is 47.1 Å². The fraction of sp³-hybridized carbons (Fsp3) is 0.267. The van der Waals surface area contributed by atoms with Crippen LogP contribution in [0.3, 0.4) is 0 Å². The Bertz CT molecular complexity index is 1320. The molecular weight excluding hydrogens is 532 g/mol. The van der Waals surface area contributed by atoms with E-state index in [1.54, 1.807) is 6.08 Å². The van der Waals surface area contributed by atoms with Crippen molar-refractivity contribution in [3.63, 3.8) is 0 Å². The zero-order chi connectivity index (χ0) is 25.8. The third-order valence-corrected chi connectivity index (χ3v) is 7.49. The van der Waals surface area contributed by atoms with Gasteiger partial charge in [-0.3, -0.25) is 4.79 Å². The van der Waals surface area contributed by atoms with Crippen molar-refractivity contribution in [2.24, 2.45) is 4.99 Å². The highest BCUT2D eigenvalue weighted by atomic mass is 79.9. The van der Waals surface area contributed by atoms with Gasteiger partial charge in [0.1, 0.15) is 5.75 Å². The Balaban J connectivity index is 1.61. The summed E-state index contributed by atoms with van der Waals surface area (Å²) in [5.74, 6) is 1.04. The lowest BCUT2D eigenvalue weighted by Gasteiger charge is -2.33. The molecule has 37 heavy (non-hydrogen) atoms. The molecule has 2 aliphatic rings. The van der Waals surface area contributed by atoms with Crippen LogP contribution in [0.15, 0.2) is 94.9 Å². The summed E-state index contributed by atoms with van der Waals surface area (Å²) in [5, 5.41) is 8.99. The lowest BCUT2D eigenvalue weighted by molar-refractivity contribution is -0.139. The maximum atomic E-state index is 14.3. The number of aliphatic hydroxyl groups excluding tert-OH is 1. The van der Waals surface area contributed by atoms with Crippen molar-refractivity contribution < 1.29 is 19.4 Å². The minimum atomic E-state index is -1.18. The van der Waals surface area contributed by atoms with Gasteiger partial charge in [-0.05, 0) is 41.5 Å². The van der Waals surface area contributed by atoms with Crippen molar-refractivity contribution in [1.29, 1.82) is 0 Å². The number of amides is 1. The second kappa shape index (κ2) is 10.9. The van der Waals surface area contributed by atoms with Crippen molar-refractivity contribution in [3.05, 3.63) is 112 Å². The average Bonchev–Trinajstić information content (AvgIpc) is 3.24. The van der Waals surface area contributed by atoms with E-state index in [1.807, 2.05) is 65.6 Å². The predicted octanol–water partition coefficient (Wildman–Crippen LogP) is 5.24. The number of aliphatic imine (C=N–C) groups is 1. The van der Waals surface area contributed by atoms with Gasteiger partial charge in [0.25, 0.3) is 5.91 Å². The van der Waals surface area contributed by atoms with Crippen molar-refractivity contribution in [2.75, 3.05) is 19.8 Å². The van der Waals surface area contributed by atoms with Gasteiger partial charge < -0.3 is 19.5 Å². The summed E-state index contributed by atoms with van der Waals surface area (Å²) in [5.41, 5.74) is 2.65. The van der Waals surface area contributed by atoms with Gasteiger partial charge >= 0.3 is 0 Å². The SMILES string of the molecule is C=CCN1Cc2ccccc2C[C@@]2(N=C(c3ccc(OCCCO)cc3)O[C@H]2c2ccccc2Br)C1=O. The van der Waals surface area contributed by atoms with E-state index in [0.29, 0.717) is 44.2 Å². The average molecular weight is 561 g/mol. The standard InChI is InChI=1S/C30H29BrN2O4/c1-2-16-33-20-23-9-4-3-8-22(23)19-30(29(33)35)27(25-10-5-6-11-26(25)31)37-28(32-30)21-12-14-24(15-13-21)36-18-7-17-34/h2-6,8-15,27,34H,1,7,16-20H2/t27-,30-/m0/s1. The molecule has 0 aromatic heterocycles. The Morgan fingerprint density at radius 2 is 1.84 bits per heavy atom. The summed E-state index contributed by atoms with van der Waals surface area (Å²) in [6, 6.07) is 23.5. The maximum Gasteiger partial charge on any atom is 0.255 e. The summed E-state index contributed by atoms with van der Waals surface area (Å²) in [6.45, 7) is 5.32. The molecule has 0 saturated carbocycles. The highest BCUT2D eigenvalue weighted by molar-refractivity contribution is 9.10. The van der Waals surface area contributed by atoms with E-state index < -0.39 is 11.6 Å². The van der Waals surface area contributed by atoms with Crippen LogP contribution in [0, 0.1) is 0 Å². The van der Waals surface area contributed by atoms with E-state index in [2.05, 4.69) is 34.6 Å². The van der Waals surface area contributed by atoms with Gasteiger partial charge in [-0.1, -0.05) is 64.5 Å². The van der Waals surface area contributed by atoms with Gasteiger partial charge in [0.05, 0.1) is 6.61 Å². The summed E-state index contributed by atoms with van der Waals surface area (Å²) in [6.07, 6.45) is 2.12. The van der Waals surface area contributed by atoms with Crippen LogP contribution in [0.2, 0.25) is 0 Å². The number of carbonyl (C=O) groups is 1. The third-order valence-electron chi connectivity index (χ3n) is 6.77. The van der Waals surface area contributed by atoms with Crippen molar-refractivity contribution in [1.82, 2.24) is 4.90 Å². The number of rotatable bonds is 8. The molecule has 1 spiro atoms. The number of hydrogen-bond acceptors (Lipinski definition) is 5. The van der Waals surface area contributed by atoms with Crippen LogP contribution in [0.25, 0.3) is 0 Å². The lowest BCUT2D eigenvalue weighted by Crippen LogP contribution is -2.50. The minimum absolute atomic E-state index is 0.0803. The predicted molar refractivity (Wildman–Crippen MR) is 147 cm³/mol. The lowest BCUT2D eigenvalue weighted by atomic mass is 9.82. The minimum Gasteiger partial charge on any atom is -0.494 e. The van der Waals surface area contributed by atoms with Crippen LogP contribution < -0.4 is 4.74 Å². The van der Waals surface area contributed by atoms with Gasteiger partial charge in [0, 0.05) is 48.1 Å². The van der Waals surface area contributed by atoms with Gasteiger partial charge in [0.15, 0.2) is 11.6 Å². The molecule has 6 nitrogen and oxygen atoms in total. The van der Waals surface area contributed by atoms with E-state index >= 15 is 0 Å². The molecule has 2 aliphatic heterocycles. The molecule has 1 amide bonds. The molecular formula is C30H29BrN2O4. The van der Waals surface area contributed by atoms with Crippen LogP contribution in [-0.2, 0) is 22.5 Å². The molecule has 0 bridgehead atoms. The highest BCUT2D eigenvalue weighted by Gasteiger charge is 2.56. The van der Waals surface area contributed by atoms with E-state index in [9.17, 15) is 4.79 Å². The van der Waals surface area contributed by atoms with Crippen molar-refractivity contribution in [3.8, 4) is 5.75 Å². The fourth-order valence-electron chi connectivity index (χ4n) is 4.96. The van der Waals surface area contributed by atoms with E-state index in [-0.39, 0.29) is 12.5 Å². The van der Waals surface area contributed by atoms with Gasteiger partial charge in [-0.25, -0.2) is 4.99 Å². The monoisotopic (exact) mass is 560 g/mol. The zero-order valence-electron chi connectivity index (χ0n) is 20.5. The topological polar surface area (TPSA) is 71.4 Å². The molecule has 0 radical (unpaired) electrons. The molecule has 5 rings (SSSR count). The number of carbonyl (C=O) groups excluding carboxylic acids is 1. The number of aliphatic hydroxyl groups is 1. The van der Waals surface area contributed by atoms with Crippen LogP contribution in [0.4, 0.5) is 0 Å².